The van der Waals surface area contributed by atoms with Crippen LogP contribution in [0.1, 0.15) is 40.8 Å². The van der Waals surface area contributed by atoms with Gasteiger partial charge in [-0.25, -0.2) is 0 Å². The summed E-state index contributed by atoms with van der Waals surface area (Å²) in [6.07, 6.45) is 4.57. The van der Waals surface area contributed by atoms with E-state index in [1.807, 2.05) is 0 Å². The molecule has 1 unspecified atom stereocenters. The highest BCUT2D eigenvalue weighted by molar-refractivity contribution is 5.36. The van der Waals surface area contributed by atoms with Crippen LogP contribution >= 0.6 is 0 Å². The van der Waals surface area contributed by atoms with E-state index in [-0.39, 0.29) is 6.10 Å². The number of hydrogen-bond acceptors (Lipinski definition) is 1. The first kappa shape index (κ1) is 13.4. The van der Waals surface area contributed by atoms with Gasteiger partial charge in [-0.2, -0.15) is 0 Å². The first-order valence-corrected chi connectivity index (χ1v) is 7.48. The second-order valence-electron chi connectivity index (χ2n) is 5.73. The number of ether oxygens (including phenoxy) is 1. The quantitative estimate of drug-likeness (QED) is 0.788. The number of hydrogen-bond donors (Lipinski definition) is 0. The zero-order valence-electron chi connectivity index (χ0n) is 12.4. The van der Waals surface area contributed by atoms with Gasteiger partial charge in [-0.15, -0.1) is 0 Å². The smallest absolute Gasteiger partial charge is 0.0795 e. The number of methoxy groups -OCH3 is 1. The number of benzene rings is 2. The van der Waals surface area contributed by atoms with Crippen LogP contribution in [-0.2, 0) is 30.4 Å². The molecule has 4 aliphatic rings. The van der Waals surface area contributed by atoms with Gasteiger partial charge >= 0.3 is 0 Å². The van der Waals surface area contributed by atoms with Gasteiger partial charge in [-0.3, -0.25) is 0 Å². The third-order valence-electron chi connectivity index (χ3n) is 4.41. The van der Waals surface area contributed by atoms with E-state index in [9.17, 15) is 0 Å². The summed E-state index contributed by atoms with van der Waals surface area (Å²) in [6.45, 7) is 2.14. The van der Waals surface area contributed by atoms with Gasteiger partial charge < -0.3 is 4.74 Å². The molecule has 0 saturated heterocycles. The van der Waals surface area contributed by atoms with Gasteiger partial charge in [-0.05, 0) is 60.4 Å². The lowest BCUT2D eigenvalue weighted by Gasteiger charge is -2.18. The average Bonchev–Trinajstić information content (AvgIpc) is 2.49. The highest BCUT2D eigenvalue weighted by Crippen LogP contribution is 2.25. The van der Waals surface area contributed by atoms with Crippen molar-refractivity contribution < 1.29 is 4.74 Å². The van der Waals surface area contributed by atoms with E-state index >= 15 is 0 Å². The monoisotopic (exact) mass is 266 g/mol. The Labute approximate surface area is 121 Å². The Bertz CT molecular complexity index is 583. The van der Waals surface area contributed by atoms with E-state index in [0.717, 1.165) is 25.7 Å². The molecule has 0 N–H and O–H groups in total. The Hall–Kier alpha value is -1.60. The summed E-state index contributed by atoms with van der Waals surface area (Å²) in [5.74, 6) is 0. The molecule has 4 bridgehead atoms. The highest BCUT2D eigenvalue weighted by Gasteiger charge is 2.12. The Balaban J connectivity index is 1.99. The summed E-state index contributed by atoms with van der Waals surface area (Å²) in [5, 5.41) is 0. The lowest BCUT2D eigenvalue weighted by Crippen LogP contribution is -2.05. The van der Waals surface area contributed by atoms with Gasteiger partial charge in [0.05, 0.1) is 6.10 Å². The van der Waals surface area contributed by atoms with Crippen molar-refractivity contribution in [2.24, 2.45) is 0 Å². The van der Waals surface area contributed by atoms with Gasteiger partial charge in [0.25, 0.3) is 0 Å². The predicted molar refractivity (Wildman–Crippen MR) is 83.1 cm³/mol. The minimum atomic E-state index is 0.175. The second-order valence-corrected chi connectivity index (χ2v) is 5.73. The molecule has 104 valence electrons. The van der Waals surface area contributed by atoms with Crippen molar-refractivity contribution in [3.05, 3.63) is 70.3 Å². The zero-order chi connectivity index (χ0) is 13.9. The third kappa shape index (κ3) is 2.78. The highest BCUT2D eigenvalue weighted by atomic mass is 16.5. The van der Waals surface area contributed by atoms with Crippen molar-refractivity contribution in [2.75, 3.05) is 7.11 Å². The molecule has 1 heteroatoms. The Morgan fingerprint density at radius 2 is 1.35 bits per heavy atom. The van der Waals surface area contributed by atoms with Crippen molar-refractivity contribution in [2.45, 2.75) is 38.7 Å². The van der Waals surface area contributed by atoms with E-state index in [2.05, 4.69) is 49.4 Å². The zero-order valence-corrected chi connectivity index (χ0v) is 12.4. The maximum absolute atomic E-state index is 5.55. The molecule has 0 amide bonds. The second kappa shape index (κ2) is 5.80. The molecule has 2 aromatic rings. The summed E-state index contributed by atoms with van der Waals surface area (Å²) in [6, 6.07) is 16.1. The topological polar surface area (TPSA) is 9.23 Å². The van der Waals surface area contributed by atoms with Crippen molar-refractivity contribution in [3.63, 3.8) is 0 Å². The molecule has 0 aliphatic heterocycles. The molecule has 1 nitrogen and oxygen atoms in total. The maximum Gasteiger partial charge on any atom is 0.0795 e. The van der Waals surface area contributed by atoms with Crippen molar-refractivity contribution in [1.29, 1.82) is 0 Å². The van der Waals surface area contributed by atoms with Gasteiger partial charge in [-0.1, -0.05) is 42.5 Å². The third-order valence-corrected chi connectivity index (χ3v) is 4.41. The van der Waals surface area contributed by atoms with Crippen LogP contribution in [0.15, 0.2) is 42.5 Å². The standard InChI is InChI=1S/C19H22O/c1-14(20-2)19-13-17-8-7-15-3-5-16(6-4-15)9-11-18(19)12-10-17/h3-6,10,12-14H,7-9,11H2,1-2H3. The Morgan fingerprint density at radius 1 is 0.800 bits per heavy atom. The molecule has 0 heterocycles. The van der Waals surface area contributed by atoms with Crippen LogP contribution < -0.4 is 0 Å². The summed E-state index contributed by atoms with van der Waals surface area (Å²) in [7, 11) is 1.79. The van der Waals surface area contributed by atoms with Crippen molar-refractivity contribution >= 4 is 0 Å². The lowest BCUT2D eigenvalue weighted by atomic mass is 9.91. The summed E-state index contributed by atoms with van der Waals surface area (Å²) in [4.78, 5) is 0. The van der Waals surface area contributed by atoms with Crippen LogP contribution in [-0.4, -0.2) is 7.11 Å². The SMILES string of the molecule is COC(C)c1cc2ccc1CCc1ccc(cc1)CC2. The number of aryl methyl sites for hydroxylation is 4. The molecule has 1 atom stereocenters. The van der Waals surface area contributed by atoms with Gasteiger partial charge in [0, 0.05) is 7.11 Å². The summed E-state index contributed by atoms with van der Waals surface area (Å²) in [5.41, 5.74) is 7.05. The molecule has 6 rings (SSSR count). The van der Waals surface area contributed by atoms with Crippen LogP contribution in [0.5, 0.6) is 0 Å². The fraction of sp³-hybridized carbons (Fsp3) is 0.368. The van der Waals surface area contributed by atoms with Gasteiger partial charge in [0.1, 0.15) is 0 Å². The van der Waals surface area contributed by atoms with E-state index in [0.29, 0.717) is 0 Å². The molecule has 0 radical (unpaired) electrons. The van der Waals surface area contributed by atoms with Crippen molar-refractivity contribution in [1.82, 2.24) is 0 Å². The van der Waals surface area contributed by atoms with Crippen LogP contribution in [0.4, 0.5) is 0 Å². The van der Waals surface area contributed by atoms with E-state index in [1.54, 1.807) is 7.11 Å². The van der Waals surface area contributed by atoms with Crippen molar-refractivity contribution in [3.8, 4) is 0 Å². The molecule has 2 aromatic carbocycles. The van der Waals surface area contributed by atoms with E-state index in [1.165, 1.54) is 27.8 Å². The Morgan fingerprint density at radius 3 is 2.00 bits per heavy atom. The molecule has 0 fully saturated rings. The molecule has 20 heavy (non-hydrogen) atoms. The lowest BCUT2D eigenvalue weighted by molar-refractivity contribution is 0.118. The summed E-state index contributed by atoms with van der Waals surface area (Å²) >= 11 is 0. The average molecular weight is 266 g/mol. The molecule has 4 aliphatic carbocycles. The summed E-state index contributed by atoms with van der Waals surface area (Å²) < 4.78 is 5.55. The maximum atomic E-state index is 5.55. The molecule has 0 saturated carbocycles. The minimum absolute atomic E-state index is 0.175. The van der Waals surface area contributed by atoms with E-state index < -0.39 is 0 Å². The molecular weight excluding hydrogens is 244 g/mol. The minimum Gasteiger partial charge on any atom is -0.377 e. The van der Waals surface area contributed by atoms with Gasteiger partial charge in [0.15, 0.2) is 0 Å². The van der Waals surface area contributed by atoms with Gasteiger partial charge in [0.2, 0.25) is 0 Å². The number of rotatable bonds is 2. The first-order valence-electron chi connectivity index (χ1n) is 7.48. The molecule has 0 spiro atoms. The Kier molecular flexibility index (Phi) is 3.88. The predicted octanol–water partition coefficient (Wildman–Crippen LogP) is 4.28. The van der Waals surface area contributed by atoms with Crippen LogP contribution in [0.2, 0.25) is 0 Å². The normalized spacial score (nSPS) is 15.7. The fourth-order valence-electron chi connectivity index (χ4n) is 2.97. The largest absolute Gasteiger partial charge is 0.377 e. The van der Waals surface area contributed by atoms with Crippen LogP contribution in [0.25, 0.3) is 0 Å². The molecular formula is C19H22O. The van der Waals surface area contributed by atoms with E-state index in [4.69, 9.17) is 4.74 Å². The molecule has 0 aromatic heterocycles. The first-order chi connectivity index (χ1) is 9.76. The van der Waals surface area contributed by atoms with Crippen LogP contribution in [0, 0.1) is 0 Å². The van der Waals surface area contributed by atoms with Crippen LogP contribution in [0.3, 0.4) is 0 Å². The fourth-order valence-corrected chi connectivity index (χ4v) is 2.97.